The minimum absolute atomic E-state index is 0.0296. The Balaban J connectivity index is 1.57. The van der Waals surface area contributed by atoms with Crippen molar-refractivity contribution < 1.29 is 38.1 Å². The lowest BCUT2D eigenvalue weighted by molar-refractivity contribution is -0.122. The van der Waals surface area contributed by atoms with Gasteiger partial charge in [0.05, 0.1) is 19.4 Å². The Morgan fingerprint density at radius 1 is 1.11 bits per heavy atom. The average Bonchev–Trinajstić information content (AvgIpc) is 3.35. The first kappa shape index (κ1) is 25.5. The van der Waals surface area contributed by atoms with Gasteiger partial charge in [-0.1, -0.05) is 12.1 Å². The third-order valence-electron chi connectivity index (χ3n) is 5.23. The third kappa shape index (κ3) is 5.62. The SMILES string of the molecule is CCOc1cccc(N2C(=O)/C(=C/c3ccc(OCc4ccc(C(=O)O)o4)c(OC)c3)C(=O)NC2=S)c1. The zero-order valence-corrected chi connectivity index (χ0v) is 20.7. The third-order valence-corrected chi connectivity index (χ3v) is 5.51. The van der Waals surface area contributed by atoms with Gasteiger partial charge in [-0.2, -0.15) is 0 Å². The van der Waals surface area contributed by atoms with Crippen molar-refractivity contribution in [2.45, 2.75) is 13.5 Å². The maximum atomic E-state index is 13.3. The Bertz CT molecular complexity index is 1410. The molecule has 2 amide bonds. The van der Waals surface area contributed by atoms with E-state index in [1.54, 1.807) is 42.5 Å². The number of anilines is 1. The van der Waals surface area contributed by atoms with Crippen LogP contribution in [0.2, 0.25) is 0 Å². The summed E-state index contributed by atoms with van der Waals surface area (Å²) < 4.78 is 21.8. The molecule has 1 saturated heterocycles. The number of ether oxygens (including phenoxy) is 3. The van der Waals surface area contributed by atoms with Crippen molar-refractivity contribution in [1.29, 1.82) is 0 Å². The van der Waals surface area contributed by atoms with Crippen LogP contribution in [0.1, 0.15) is 28.8 Å². The lowest BCUT2D eigenvalue weighted by Crippen LogP contribution is -2.54. The molecule has 11 heteroatoms. The molecule has 2 aromatic carbocycles. The molecule has 1 aliphatic rings. The molecule has 0 atom stereocenters. The van der Waals surface area contributed by atoms with Crippen LogP contribution in [-0.2, 0) is 16.2 Å². The molecule has 4 rings (SSSR count). The fourth-order valence-electron chi connectivity index (χ4n) is 3.55. The van der Waals surface area contributed by atoms with E-state index < -0.39 is 17.8 Å². The molecule has 1 aromatic heterocycles. The number of hydrogen-bond acceptors (Lipinski definition) is 8. The number of carbonyl (C=O) groups is 3. The Morgan fingerprint density at radius 3 is 2.62 bits per heavy atom. The molecular formula is C26H22N2O8S. The van der Waals surface area contributed by atoms with Gasteiger partial charge in [0.2, 0.25) is 5.76 Å². The van der Waals surface area contributed by atoms with Gasteiger partial charge in [-0.25, -0.2) is 4.79 Å². The van der Waals surface area contributed by atoms with Crippen molar-refractivity contribution in [1.82, 2.24) is 5.32 Å². The van der Waals surface area contributed by atoms with Crippen LogP contribution in [0.4, 0.5) is 5.69 Å². The lowest BCUT2D eigenvalue weighted by Gasteiger charge is -2.29. The van der Waals surface area contributed by atoms with Gasteiger partial charge in [-0.3, -0.25) is 19.8 Å². The number of methoxy groups -OCH3 is 1. The van der Waals surface area contributed by atoms with Crippen molar-refractivity contribution in [3.05, 3.63) is 77.3 Å². The quantitative estimate of drug-likeness (QED) is 0.245. The van der Waals surface area contributed by atoms with Crippen LogP contribution in [0, 0.1) is 0 Å². The van der Waals surface area contributed by atoms with Crippen LogP contribution in [0.3, 0.4) is 0 Å². The standard InChI is InChI=1S/C26H22N2O8S/c1-3-34-17-6-4-5-16(13-17)28-24(30)19(23(29)27-26(28)37)11-15-7-9-20(22(12-15)33-2)35-14-18-8-10-21(36-18)25(31)32/h4-13H,3,14H2,1-2H3,(H,31,32)(H,27,29,37)/b19-11+. The number of furan rings is 1. The van der Waals surface area contributed by atoms with Gasteiger partial charge in [0.1, 0.15) is 23.7 Å². The molecule has 1 aliphatic heterocycles. The van der Waals surface area contributed by atoms with E-state index in [-0.39, 0.29) is 23.1 Å². The molecule has 0 aliphatic carbocycles. The number of nitrogens with zero attached hydrogens (tertiary/aromatic N) is 1. The number of amides is 2. The fraction of sp³-hybridized carbons (Fsp3) is 0.154. The predicted molar refractivity (Wildman–Crippen MR) is 137 cm³/mol. The first-order valence-corrected chi connectivity index (χ1v) is 11.5. The normalized spacial score (nSPS) is 14.5. The number of carboxylic acids is 1. The summed E-state index contributed by atoms with van der Waals surface area (Å²) in [7, 11) is 1.44. The molecule has 0 saturated carbocycles. The number of rotatable bonds is 9. The average molecular weight is 523 g/mol. The molecule has 2 N–H and O–H groups in total. The van der Waals surface area contributed by atoms with Crippen LogP contribution < -0.4 is 24.4 Å². The van der Waals surface area contributed by atoms with E-state index in [2.05, 4.69) is 5.32 Å². The minimum atomic E-state index is -1.18. The van der Waals surface area contributed by atoms with Crippen molar-refractivity contribution >= 4 is 46.9 Å². The molecule has 0 spiro atoms. The second-order valence-electron chi connectivity index (χ2n) is 7.66. The van der Waals surface area contributed by atoms with E-state index in [1.165, 1.54) is 30.2 Å². The summed E-state index contributed by atoms with van der Waals surface area (Å²) in [6.45, 7) is 2.27. The highest BCUT2D eigenvalue weighted by molar-refractivity contribution is 7.80. The van der Waals surface area contributed by atoms with Gasteiger partial charge in [0.25, 0.3) is 11.8 Å². The second kappa shape index (κ2) is 11.0. The Hall–Kier alpha value is -4.64. The van der Waals surface area contributed by atoms with E-state index in [1.807, 2.05) is 6.92 Å². The second-order valence-corrected chi connectivity index (χ2v) is 8.05. The van der Waals surface area contributed by atoms with E-state index in [0.29, 0.717) is 40.9 Å². The van der Waals surface area contributed by atoms with Crippen molar-refractivity contribution in [3.63, 3.8) is 0 Å². The molecular weight excluding hydrogens is 500 g/mol. The first-order valence-electron chi connectivity index (χ1n) is 11.1. The van der Waals surface area contributed by atoms with Gasteiger partial charge in [0, 0.05) is 6.07 Å². The first-order chi connectivity index (χ1) is 17.8. The number of benzene rings is 2. The molecule has 3 aromatic rings. The van der Waals surface area contributed by atoms with Crippen molar-refractivity contribution in [2.75, 3.05) is 18.6 Å². The summed E-state index contributed by atoms with van der Waals surface area (Å²) >= 11 is 5.26. The van der Waals surface area contributed by atoms with Gasteiger partial charge in [-0.05, 0) is 67.2 Å². The summed E-state index contributed by atoms with van der Waals surface area (Å²) in [5, 5.41) is 11.5. The molecule has 0 radical (unpaired) electrons. The molecule has 190 valence electrons. The minimum Gasteiger partial charge on any atom is -0.494 e. The summed E-state index contributed by atoms with van der Waals surface area (Å²) in [5.41, 5.74) is 0.838. The van der Waals surface area contributed by atoms with E-state index in [4.69, 9.17) is 36.0 Å². The van der Waals surface area contributed by atoms with E-state index >= 15 is 0 Å². The Morgan fingerprint density at radius 2 is 1.92 bits per heavy atom. The van der Waals surface area contributed by atoms with Gasteiger partial charge in [-0.15, -0.1) is 0 Å². The van der Waals surface area contributed by atoms with Crippen LogP contribution in [0.15, 0.2) is 64.6 Å². The monoisotopic (exact) mass is 522 g/mol. The number of carboxylic acid groups (broad SMARTS) is 1. The number of aromatic carboxylic acids is 1. The molecule has 2 heterocycles. The zero-order chi connectivity index (χ0) is 26.5. The lowest BCUT2D eigenvalue weighted by atomic mass is 10.1. The summed E-state index contributed by atoms with van der Waals surface area (Å²) in [4.78, 5) is 38.2. The number of nitrogens with one attached hydrogen (secondary N) is 1. The van der Waals surface area contributed by atoms with E-state index in [0.717, 1.165) is 0 Å². The van der Waals surface area contributed by atoms with E-state index in [9.17, 15) is 14.4 Å². The number of carbonyl (C=O) groups excluding carboxylic acids is 2. The predicted octanol–water partition coefficient (Wildman–Crippen LogP) is 3.80. The van der Waals surface area contributed by atoms with Crippen molar-refractivity contribution in [2.24, 2.45) is 0 Å². The van der Waals surface area contributed by atoms with Crippen molar-refractivity contribution in [3.8, 4) is 17.2 Å². The van der Waals surface area contributed by atoms with Gasteiger partial charge >= 0.3 is 5.97 Å². The molecule has 0 bridgehead atoms. The summed E-state index contributed by atoms with van der Waals surface area (Å²) in [6.07, 6.45) is 1.43. The largest absolute Gasteiger partial charge is 0.494 e. The van der Waals surface area contributed by atoms with Crippen LogP contribution >= 0.6 is 12.2 Å². The van der Waals surface area contributed by atoms with Gasteiger partial charge < -0.3 is 23.7 Å². The highest BCUT2D eigenvalue weighted by Gasteiger charge is 2.34. The maximum Gasteiger partial charge on any atom is 0.371 e. The smallest absolute Gasteiger partial charge is 0.371 e. The Labute approximate surface area is 217 Å². The summed E-state index contributed by atoms with van der Waals surface area (Å²) in [5.74, 6) is -1.02. The molecule has 10 nitrogen and oxygen atoms in total. The maximum absolute atomic E-state index is 13.3. The topological polar surface area (TPSA) is 128 Å². The number of hydrogen-bond donors (Lipinski definition) is 2. The molecule has 1 fully saturated rings. The van der Waals surface area contributed by atoms with Gasteiger partial charge in [0.15, 0.2) is 16.6 Å². The zero-order valence-electron chi connectivity index (χ0n) is 19.8. The van der Waals surface area contributed by atoms with Crippen LogP contribution in [0.5, 0.6) is 17.2 Å². The van der Waals surface area contributed by atoms with Crippen LogP contribution in [0.25, 0.3) is 6.08 Å². The molecule has 0 unspecified atom stereocenters. The fourth-order valence-corrected chi connectivity index (χ4v) is 3.83. The molecule has 37 heavy (non-hydrogen) atoms. The van der Waals surface area contributed by atoms with Crippen LogP contribution in [-0.4, -0.2) is 41.7 Å². The highest BCUT2D eigenvalue weighted by atomic mass is 32.1. The Kier molecular flexibility index (Phi) is 7.54. The highest BCUT2D eigenvalue weighted by Crippen LogP contribution is 2.31. The summed E-state index contributed by atoms with van der Waals surface area (Å²) in [6, 6.07) is 14.5. The number of thiocarbonyl (C=S) groups is 1.